The van der Waals surface area contributed by atoms with Gasteiger partial charge in [-0.3, -0.25) is 4.90 Å². The lowest BCUT2D eigenvalue weighted by atomic mass is 10.1. The average Bonchev–Trinajstić information content (AvgIpc) is 3.51. The first-order chi connectivity index (χ1) is 14.7. The highest BCUT2D eigenvalue weighted by Gasteiger charge is 2.25. The van der Waals surface area contributed by atoms with Crippen molar-refractivity contribution in [2.45, 2.75) is 32.4 Å². The number of urea groups is 1. The number of aryl methyl sites for hydroxylation is 1. The number of hydrogen-bond acceptors (Lipinski definition) is 6. The number of amides is 2. The van der Waals surface area contributed by atoms with E-state index in [2.05, 4.69) is 20.5 Å². The molecule has 8 nitrogen and oxygen atoms in total. The minimum absolute atomic E-state index is 0.0158. The van der Waals surface area contributed by atoms with Crippen molar-refractivity contribution in [3.05, 3.63) is 47.5 Å². The molecule has 4 rings (SSSR count). The molecule has 2 fully saturated rings. The number of ether oxygens (including phenoxy) is 2. The Hall–Kier alpha value is -2.58. The lowest BCUT2D eigenvalue weighted by molar-refractivity contribution is 0.0121. The molecule has 2 N–H and O–H groups in total. The van der Waals surface area contributed by atoms with E-state index in [0.717, 1.165) is 36.8 Å². The Kier molecular flexibility index (Phi) is 6.86. The van der Waals surface area contributed by atoms with Crippen LogP contribution in [-0.4, -0.2) is 55.4 Å². The maximum Gasteiger partial charge on any atom is 0.315 e. The zero-order valence-corrected chi connectivity index (χ0v) is 17.4. The molecule has 162 valence electrons. The first-order valence-electron chi connectivity index (χ1n) is 10.6. The predicted octanol–water partition coefficient (Wildman–Crippen LogP) is 2.64. The highest BCUT2D eigenvalue weighted by Crippen LogP contribution is 2.29. The van der Waals surface area contributed by atoms with Crippen molar-refractivity contribution in [3.8, 4) is 5.88 Å². The van der Waals surface area contributed by atoms with Crippen LogP contribution in [0.3, 0.4) is 0 Å². The van der Waals surface area contributed by atoms with Gasteiger partial charge in [0.25, 0.3) is 0 Å². The van der Waals surface area contributed by atoms with E-state index in [9.17, 15) is 4.79 Å². The summed E-state index contributed by atoms with van der Waals surface area (Å²) >= 11 is 0. The third kappa shape index (κ3) is 5.96. The van der Waals surface area contributed by atoms with Gasteiger partial charge < -0.3 is 24.5 Å². The van der Waals surface area contributed by atoms with Gasteiger partial charge in [0.1, 0.15) is 11.5 Å². The fraction of sp³-hybridized carbons (Fsp3) is 0.545. The minimum atomic E-state index is -0.217. The van der Waals surface area contributed by atoms with Crippen LogP contribution in [0, 0.1) is 12.8 Å². The second-order valence-corrected chi connectivity index (χ2v) is 7.94. The molecular formula is C22H30N4O4. The molecule has 2 amide bonds. The van der Waals surface area contributed by atoms with Crippen molar-refractivity contribution in [1.82, 2.24) is 20.5 Å². The summed E-state index contributed by atoms with van der Waals surface area (Å²) < 4.78 is 16.9. The molecule has 3 heterocycles. The molecule has 0 spiro atoms. The van der Waals surface area contributed by atoms with Crippen molar-refractivity contribution in [2.75, 3.05) is 39.5 Å². The molecule has 1 aliphatic heterocycles. The summed E-state index contributed by atoms with van der Waals surface area (Å²) in [6.07, 6.45) is 4.25. The number of hydrogen-bond donors (Lipinski definition) is 2. The van der Waals surface area contributed by atoms with Gasteiger partial charge in [0.15, 0.2) is 0 Å². The van der Waals surface area contributed by atoms with Gasteiger partial charge >= 0.3 is 6.03 Å². The van der Waals surface area contributed by atoms with E-state index in [4.69, 9.17) is 13.9 Å². The second-order valence-electron chi connectivity index (χ2n) is 7.94. The Bertz CT molecular complexity index is 813. The number of furan rings is 1. The van der Waals surface area contributed by atoms with Gasteiger partial charge in [-0.25, -0.2) is 9.78 Å². The molecule has 0 radical (unpaired) electrons. The highest BCUT2D eigenvalue weighted by atomic mass is 16.5. The Labute approximate surface area is 176 Å². The SMILES string of the molecule is Cc1ccc(C(CNC(=O)NCc2ccc(OCC3CC3)nc2)N2CCOCC2)o1. The Balaban J connectivity index is 1.24. The molecule has 1 unspecified atom stereocenters. The van der Waals surface area contributed by atoms with Gasteiger partial charge in [-0.05, 0) is 43.4 Å². The predicted molar refractivity (Wildman–Crippen MR) is 111 cm³/mol. The normalized spacial score (nSPS) is 18.0. The molecule has 0 aromatic carbocycles. The van der Waals surface area contributed by atoms with Crippen LogP contribution in [0.1, 0.15) is 36.0 Å². The molecule has 1 atom stereocenters. The standard InChI is InChI=1S/C22H30N4O4/c1-16-2-6-20(30-16)19(26-8-10-28-11-9-26)14-25-22(27)24-13-18-5-7-21(23-12-18)29-15-17-3-4-17/h2,5-7,12,17,19H,3-4,8-11,13-15H2,1H3,(H2,24,25,27). The lowest BCUT2D eigenvalue weighted by Crippen LogP contribution is -2.45. The van der Waals surface area contributed by atoms with Crippen LogP contribution in [0.4, 0.5) is 4.79 Å². The van der Waals surface area contributed by atoms with Gasteiger partial charge in [-0.1, -0.05) is 6.07 Å². The maximum atomic E-state index is 12.4. The number of carbonyl (C=O) groups excluding carboxylic acids is 1. The molecule has 0 bridgehead atoms. The van der Waals surface area contributed by atoms with E-state index < -0.39 is 0 Å². The number of aromatic nitrogens is 1. The van der Waals surface area contributed by atoms with E-state index in [-0.39, 0.29) is 12.1 Å². The van der Waals surface area contributed by atoms with E-state index in [0.29, 0.717) is 38.1 Å². The van der Waals surface area contributed by atoms with Gasteiger partial charge in [-0.2, -0.15) is 0 Å². The van der Waals surface area contributed by atoms with Crippen molar-refractivity contribution < 1.29 is 18.7 Å². The molecule has 2 aliphatic rings. The summed E-state index contributed by atoms with van der Waals surface area (Å²) in [5.41, 5.74) is 0.926. The molecule has 30 heavy (non-hydrogen) atoms. The van der Waals surface area contributed by atoms with Crippen LogP contribution in [0.25, 0.3) is 0 Å². The molecular weight excluding hydrogens is 384 g/mol. The smallest absolute Gasteiger partial charge is 0.315 e. The lowest BCUT2D eigenvalue weighted by Gasteiger charge is -2.33. The third-order valence-corrected chi connectivity index (χ3v) is 5.45. The third-order valence-electron chi connectivity index (χ3n) is 5.45. The van der Waals surface area contributed by atoms with Crippen molar-refractivity contribution >= 4 is 6.03 Å². The van der Waals surface area contributed by atoms with Crippen LogP contribution < -0.4 is 15.4 Å². The fourth-order valence-corrected chi connectivity index (χ4v) is 3.45. The topological polar surface area (TPSA) is 88.9 Å². The summed E-state index contributed by atoms with van der Waals surface area (Å²) in [7, 11) is 0. The van der Waals surface area contributed by atoms with Crippen LogP contribution in [-0.2, 0) is 11.3 Å². The van der Waals surface area contributed by atoms with Crippen molar-refractivity contribution in [3.63, 3.8) is 0 Å². The Morgan fingerprint density at radius 1 is 1.23 bits per heavy atom. The Morgan fingerprint density at radius 3 is 2.73 bits per heavy atom. The number of carbonyl (C=O) groups is 1. The average molecular weight is 415 g/mol. The minimum Gasteiger partial charge on any atom is -0.477 e. The summed E-state index contributed by atoms with van der Waals surface area (Å²) in [6, 6.07) is 7.48. The van der Waals surface area contributed by atoms with Crippen molar-refractivity contribution in [2.24, 2.45) is 5.92 Å². The fourth-order valence-electron chi connectivity index (χ4n) is 3.45. The van der Waals surface area contributed by atoms with Gasteiger partial charge in [0, 0.05) is 38.4 Å². The van der Waals surface area contributed by atoms with Crippen LogP contribution in [0.15, 0.2) is 34.9 Å². The van der Waals surface area contributed by atoms with Crippen LogP contribution in [0.5, 0.6) is 5.88 Å². The molecule has 1 saturated heterocycles. The second kappa shape index (κ2) is 9.95. The zero-order chi connectivity index (χ0) is 20.8. The largest absolute Gasteiger partial charge is 0.477 e. The molecule has 1 saturated carbocycles. The van der Waals surface area contributed by atoms with E-state index in [1.165, 1.54) is 12.8 Å². The van der Waals surface area contributed by atoms with Gasteiger partial charge in [0.2, 0.25) is 5.88 Å². The number of rotatable bonds is 9. The quantitative estimate of drug-likeness (QED) is 0.656. The molecule has 8 heteroatoms. The maximum absolute atomic E-state index is 12.4. The molecule has 2 aromatic rings. The van der Waals surface area contributed by atoms with Crippen LogP contribution >= 0.6 is 0 Å². The van der Waals surface area contributed by atoms with Gasteiger partial charge in [-0.15, -0.1) is 0 Å². The van der Waals surface area contributed by atoms with Gasteiger partial charge in [0.05, 0.1) is 25.9 Å². The number of pyridine rings is 1. The number of nitrogens with zero attached hydrogens (tertiary/aromatic N) is 2. The zero-order valence-electron chi connectivity index (χ0n) is 17.4. The first-order valence-corrected chi connectivity index (χ1v) is 10.6. The van der Waals surface area contributed by atoms with Crippen molar-refractivity contribution in [1.29, 1.82) is 0 Å². The van der Waals surface area contributed by atoms with E-state index >= 15 is 0 Å². The monoisotopic (exact) mass is 414 g/mol. The summed E-state index contributed by atoms with van der Waals surface area (Å²) in [5, 5.41) is 5.86. The summed E-state index contributed by atoms with van der Waals surface area (Å²) in [5.74, 6) is 3.06. The number of morpholine rings is 1. The van der Waals surface area contributed by atoms with E-state index in [1.807, 2.05) is 31.2 Å². The summed E-state index contributed by atoms with van der Waals surface area (Å²) in [6.45, 7) is 6.55. The number of nitrogens with one attached hydrogen (secondary N) is 2. The van der Waals surface area contributed by atoms with Crippen LogP contribution in [0.2, 0.25) is 0 Å². The first kappa shape index (κ1) is 20.7. The molecule has 1 aliphatic carbocycles. The highest BCUT2D eigenvalue weighted by molar-refractivity contribution is 5.73. The molecule has 2 aromatic heterocycles. The van der Waals surface area contributed by atoms with E-state index in [1.54, 1.807) is 6.20 Å². The summed E-state index contributed by atoms with van der Waals surface area (Å²) in [4.78, 5) is 18.9. The Morgan fingerprint density at radius 2 is 2.07 bits per heavy atom.